The van der Waals surface area contributed by atoms with Gasteiger partial charge in [-0.3, -0.25) is 4.79 Å². The highest BCUT2D eigenvalue weighted by Crippen LogP contribution is 2.24. The van der Waals surface area contributed by atoms with Crippen LogP contribution in [0, 0.1) is 5.92 Å². The molecule has 2 aliphatic rings. The number of cyclic esters (lactones) is 1. The molecule has 0 unspecified atom stereocenters. The van der Waals surface area contributed by atoms with E-state index in [4.69, 9.17) is 9.47 Å². The van der Waals surface area contributed by atoms with Gasteiger partial charge in [-0.05, 0) is 6.08 Å². The number of esters is 1. The topological polar surface area (TPSA) is 35.5 Å². The highest BCUT2D eigenvalue weighted by Gasteiger charge is 2.38. The predicted molar refractivity (Wildman–Crippen MR) is 28.5 cm³/mol. The summed E-state index contributed by atoms with van der Waals surface area (Å²) in [5, 5.41) is 0. The second-order valence-electron chi connectivity index (χ2n) is 2.16. The minimum atomic E-state index is -0.159. The van der Waals surface area contributed by atoms with Crippen molar-refractivity contribution >= 4 is 5.97 Å². The highest BCUT2D eigenvalue weighted by molar-refractivity contribution is 5.77. The Morgan fingerprint density at radius 2 is 2.56 bits per heavy atom. The molecule has 0 aromatic heterocycles. The average Bonchev–Trinajstić information content (AvgIpc) is 2.35. The molecular weight excluding hydrogens is 120 g/mol. The zero-order chi connectivity index (χ0) is 6.27. The summed E-state index contributed by atoms with van der Waals surface area (Å²) in [6, 6.07) is 0. The molecule has 9 heavy (non-hydrogen) atoms. The smallest absolute Gasteiger partial charge is 0.316 e. The van der Waals surface area contributed by atoms with Crippen LogP contribution in [0.2, 0.25) is 0 Å². The van der Waals surface area contributed by atoms with Gasteiger partial charge in [-0.2, -0.15) is 0 Å². The van der Waals surface area contributed by atoms with Gasteiger partial charge in [-0.1, -0.05) is 0 Å². The SMILES string of the molecule is O=C1OC[C@H]2OC=C[C@@H]12. The normalized spacial score (nSPS) is 38.0. The number of carbonyl (C=O) groups is 1. The molecule has 0 N–H and O–H groups in total. The largest absolute Gasteiger partial charge is 0.494 e. The van der Waals surface area contributed by atoms with Gasteiger partial charge < -0.3 is 9.47 Å². The summed E-state index contributed by atoms with van der Waals surface area (Å²) in [5.74, 6) is -0.279. The fraction of sp³-hybridized carbons (Fsp3) is 0.500. The van der Waals surface area contributed by atoms with Crippen molar-refractivity contribution in [3.8, 4) is 0 Å². The standard InChI is InChI=1S/C6H6O3/c7-6-4-1-2-8-5(4)3-9-6/h1-2,4-5H,3H2/t4-,5-/m1/s1. The first-order valence-corrected chi connectivity index (χ1v) is 2.87. The number of rotatable bonds is 0. The first kappa shape index (κ1) is 4.85. The Morgan fingerprint density at radius 1 is 1.67 bits per heavy atom. The molecule has 0 aromatic rings. The van der Waals surface area contributed by atoms with Gasteiger partial charge in [0.15, 0.2) is 0 Å². The van der Waals surface area contributed by atoms with E-state index in [1.807, 2.05) is 0 Å². The monoisotopic (exact) mass is 126 g/mol. The number of hydrogen-bond donors (Lipinski definition) is 0. The third-order valence-electron chi connectivity index (χ3n) is 1.60. The first-order chi connectivity index (χ1) is 4.38. The number of ether oxygens (including phenoxy) is 2. The molecule has 0 radical (unpaired) electrons. The molecule has 0 aliphatic carbocycles. The zero-order valence-corrected chi connectivity index (χ0v) is 4.74. The summed E-state index contributed by atoms with van der Waals surface area (Å²) in [6.45, 7) is 0.413. The lowest BCUT2D eigenvalue weighted by atomic mass is 10.1. The van der Waals surface area contributed by atoms with E-state index < -0.39 is 0 Å². The molecule has 2 atom stereocenters. The van der Waals surface area contributed by atoms with Crippen molar-refractivity contribution in [1.82, 2.24) is 0 Å². The van der Waals surface area contributed by atoms with Gasteiger partial charge in [0.05, 0.1) is 6.26 Å². The lowest BCUT2D eigenvalue weighted by molar-refractivity contribution is -0.140. The Labute approximate surface area is 52.3 Å². The number of hydrogen-bond acceptors (Lipinski definition) is 3. The van der Waals surface area contributed by atoms with E-state index in [1.54, 1.807) is 12.3 Å². The average molecular weight is 126 g/mol. The summed E-state index contributed by atoms with van der Waals surface area (Å²) in [7, 11) is 0. The Kier molecular flexibility index (Phi) is 0.806. The number of carbonyl (C=O) groups excluding carboxylic acids is 1. The van der Waals surface area contributed by atoms with Crippen molar-refractivity contribution in [1.29, 1.82) is 0 Å². The van der Waals surface area contributed by atoms with Crippen LogP contribution < -0.4 is 0 Å². The van der Waals surface area contributed by atoms with E-state index >= 15 is 0 Å². The Hall–Kier alpha value is -0.990. The van der Waals surface area contributed by atoms with Gasteiger partial charge in [0.25, 0.3) is 0 Å². The van der Waals surface area contributed by atoms with Crippen LogP contribution in [0.5, 0.6) is 0 Å². The maximum atomic E-state index is 10.7. The van der Waals surface area contributed by atoms with Gasteiger partial charge in [-0.25, -0.2) is 0 Å². The molecule has 0 bridgehead atoms. The molecule has 2 heterocycles. The van der Waals surface area contributed by atoms with Gasteiger partial charge in [0.2, 0.25) is 0 Å². The van der Waals surface area contributed by atoms with E-state index in [1.165, 1.54) is 0 Å². The molecule has 0 aromatic carbocycles. The fourth-order valence-corrected chi connectivity index (χ4v) is 1.07. The minimum absolute atomic E-state index is 0.0301. The third-order valence-corrected chi connectivity index (χ3v) is 1.60. The van der Waals surface area contributed by atoms with Crippen LogP contribution >= 0.6 is 0 Å². The van der Waals surface area contributed by atoms with E-state index in [2.05, 4.69) is 0 Å². The Bertz CT molecular complexity index is 173. The van der Waals surface area contributed by atoms with Gasteiger partial charge in [0.1, 0.15) is 18.6 Å². The van der Waals surface area contributed by atoms with Crippen LogP contribution in [0.4, 0.5) is 0 Å². The van der Waals surface area contributed by atoms with Gasteiger partial charge in [-0.15, -0.1) is 0 Å². The molecule has 3 nitrogen and oxygen atoms in total. The van der Waals surface area contributed by atoms with Crippen LogP contribution in [0.15, 0.2) is 12.3 Å². The highest BCUT2D eigenvalue weighted by atomic mass is 16.6. The van der Waals surface area contributed by atoms with Gasteiger partial charge in [0, 0.05) is 0 Å². The van der Waals surface area contributed by atoms with Crippen molar-refractivity contribution in [3.63, 3.8) is 0 Å². The Morgan fingerprint density at radius 3 is 3.33 bits per heavy atom. The Balaban J connectivity index is 2.24. The molecular formula is C6H6O3. The molecule has 2 aliphatic heterocycles. The maximum absolute atomic E-state index is 10.7. The molecule has 0 saturated carbocycles. The molecule has 2 rings (SSSR count). The molecule has 3 heteroatoms. The summed E-state index contributed by atoms with van der Waals surface area (Å²) in [6.07, 6.45) is 3.27. The summed E-state index contributed by atoms with van der Waals surface area (Å²) >= 11 is 0. The second-order valence-corrected chi connectivity index (χ2v) is 2.16. The lowest BCUT2D eigenvalue weighted by Crippen LogP contribution is -2.14. The molecule has 48 valence electrons. The van der Waals surface area contributed by atoms with E-state index in [9.17, 15) is 4.79 Å². The summed E-state index contributed by atoms with van der Waals surface area (Å²) in [4.78, 5) is 10.7. The molecule has 1 saturated heterocycles. The van der Waals surface area contributed by atoms with Crippen LogP contribution in [0.25, 0.3) is 0 Å². The molecule has 0 amide bonds. The van der Waals surface area contributed by atoms with E-state index in [-0.39, 0.29) is 18.0 Å². The van der Waals surface area contributed by atoms with Crippen LogP contribution in [-0.2, 0) is 14.3 Å². The van der Waals surface area contributed by atoms with Crippen LogP contribution in [0.1, 0.15) is 0 Å². The summed E-state index contributed by atoms with van der Waals surface area (Å²) in [5.41, 5.74) is 0. The van der Waals surface area contributed by atoms with E-state index in [0.29, 0.717) is 6.61 Å². The fourth-order valence-electron chi connectivity index (χ4n) is 1.07. The second kappa shape index (κ2) is 1.50. The van der Waals surface area contributed by atoms with Crippen molar-refractivity contribution in [2.75, 3.05) is 6.61 Å². The molecule has 0 spiro atoms. The number of fused-ring (bicyclic) bond motifs is 1. The van der Waals surface area contributed by atoms with Crippen molar-refractivity contribution in [2.24, 2.45) is 5.92 Å². The quantitative estimate of drug-likeness (QED) is 0.431. The van der Waals surface area contributed by atoms with E-state index in [0.717, 1.165) is 0 Å². The van der Waals surface area contributed by atoms with Crippen molar-refractivity contribution in [3.05, 3.63) is 12.3 Å². The third kappa shape index (κ3) is 0.542. The van der Waals surface area contributed by atoms with Crippen molar-refractivity contribution in [2.45, 2.75) is 6.10 Å². The van der Waals surface area contributed by atoms with Crippen molar-refractivity contribution < 1.29 is 14.3 Å². The van der Waals surface area contributed by atoms with Crippen LogP contribution in [0.3, 0.4) is 0 Å². The predicted octanol–water partition coefficient (Wildman–Crippen LogP) is 0.0719. The van der Waals surface area contributed by atoms with Crippen LogP contribution in [-0.4, -0.2) is 18.7 Å². The minimum Gasteiger partial charge on any atom is -0.494 e. The first-order valence-electron chi connectivity index (χ1n) is 2.87. The zero-order valence-electron chi connectivity index (χ0n) is 4.74. The van der Waals surface area contributed by atoms with Gasteiger partial charge >= 0.3 is 5.97 Å². The maximum Gasteiger partial charge on any atom is 0.316 e. The lowest BCUT2D eigenvalue weighted by Gasteiger charge is -2.00. The summed E-state index contributed by atoms with van der Waals surface area (Å²) < 4.78 is 9.73. The molecule has 1 fully saturated rings.